The van der Waals surface area contributed by atoms with Crippen LogP contribution in [0, 0.1) is 0 Å². The number of aliphatic hydroxyl groups is 1. The number of aromatic nitrogens is 1. The van der Waals surface area contributed by atoms with Gasteiger partial charge in [0.1, 0.15) is 6.61 Å². The van der Waals surface area contributed by atoms with E-state index in [-0.39, 0.29) is 12.2 Å². The predicted molar refractivity (Wildman–Crippen MR) is 75.1 cm³/mol. The zero-order valence-corrected chi connectivity index (χ0v) is 11.3. The summed E-state index contributed by atoms with van der Waals surface area (Å²) in [6.07, 6.45) is 1.72. The zero-order valence-electron chi connectivity index (χ0n) is 11.3. The largest absolute Gasteiger partial charge is 0.493 e. The minimum absolute atomic E-state index is 0.0456. The molecule has 0 aliphatic carbocycles. The fourth-order valence-corrected chi connectivity index (χ4v) is 1.83. The van der Waals surface area contributed by atoms with Crippen molar-refractivity contribution in [1.29, 1.82) is 0 Å². The molecule has 0 saturated heterocycles. The minimum Gasteiger partial charge on any atom is -0.493 e. The molecular weight excluding hydrogens is 258 g/mol. The second kappa shape index (κ2) is 6.77. The summed E-state index contributed by atoms with van der Waals surface area (Å²) in [6, 6.07) is 10.3. The number of nitrogens with zero attached hydrogens (tertiary/aromatic N) is 1. The first-order chi connectivity index (χ1) is 9.74. The van der Waals surface area contributed by atoms with Gasteiger partial charge in [-0.2, -0.15) is 0 Å². The number of aliphatic hydroxyl groups excluding tert-OH is 1. The van der Waals surface area contributed by atoms with Gasteiger partial charge >= 0.3 is 0 Å². The smallest absolute Gasteiger partial charge is 0.250 e. The van der Waals surface area contributed by atoms with Gasteiger partial charge in [0.25, 0.3) is 5.56 Å². The van der Waals surface area contributed by atoms with Crippen LogP contribution in [0.3, 0.4) is 0 Å². The lowest BCUT2D eigenvalue weighted by atomic mass is 10.2. The molecule has 1 aromatic carbocycles. The minimum atomic E-state index is -0.0568. The first-order valence-corrected chi connectivity index (χ1v) is 6.30. The van der Waals surface area contributed by atoms with Gasteiger partial charge in [0.15, 0.2) is 11.5 Å². The summed E-state index contributed by atoms with van der Waals surface area (Å²) >= 11 is 0. The summed E-state index contributed by atoms with van der Waals surface area (Å²) in [5, 5.41) is 9.07. The number of hydrogen-bond donors (Lipinski definition) is 1. The molecule has 0 fully saturated rings. The van der Waals surface area contributed by atoms with E-state index in [9.17, 15) is 4.79 Å². The molecule has 0 aliphatic heterocycles. The number of rotatable bonds is 6. The molecule has 0 radical (unpaired) electrons. The van der Waals surface area contributed by atoms with Crippen LogP contribution in [0.4, 0.5) is 0 Å². The summed E-state index contributed by atoms with van der Waals surface area (Å²) in [5.74, 6) is 1.16. The number of benzene rings is 1. The highest BCUT2D eigenvalue weighted by Gasteiger charge is 2.05. The van der Waals surface area contributed by atoms with Gasteiger partial charge in [-0.05, 0) is 23.8 Å². The summed E-state index contributed by atoms with van der Waals surface area (Å²) in [5.41, 5.74) is 0.701. The van der Waals surface area contributed by atoms with E-state index in [1.807, 2.05) is 0 Å². The topological polar surface area (TPSA) is 60.7 Å². The maximum Gasteiger partial charge on any atom is 0.250 e. The van der Waals surface area contributed by atoms with Gasteiger partial charge < -0.3 is 19.1 Å². The molecule has 0 amide bonds. The van der Waals surface area contributed by atoms with E-state index in [1.54, 1.807) is 48.2 Å². The summed E-state index contributed by atoms with van der Waals surface area (Å²) in [6.45, 7) is 0.777. The van der Waals surface area contributed by atoms with Gasteiger partial charge in [-0.1, -0.05) is 12.1 Å². The van der Waals surface area contributed by atoms with Crippen molar-refractivity contribution in [3.8, 4) is 11.5 Å². The van der Waals surface area contributed by atoms with Crippen LogP contribution >= 0.6 is 0 Å². The molecule has 2 aromatic rings. The Balaban J connectivity index is 2.01. The molecule has 1 N–H and O–H groups in total. The van der Waals surface area contributed by atoms with Crippen LogP contribution in [0.5, 0.6) is 11.5 Å². The third kappa shape index (κ3) is 3.39. The Kier molecular flexibility index (Phi) is 4.79. The maximum atomic E-state index is 11.5. The number of pyridine rings is 1. The van der Waals surface area contributed by atoms with Gasteiger partial charge in [0.05, 0.1) is 20.3 Å². The van der Waals surface area contributed by atoms with Crippen molar-refractivity contribution < 1.29 is 14.6 Å². The highest BCUT2D eigenvalue weighted by Crippen LogP contribution is 2.27. The first-order valence-electron chi connectivity index (χ1n) is 6.30. The van der Waals surface area contributed by atoms with E-state index >= 15 is 0 Å². The molecule has 20 heavy (non-hydrogen) atoms. The van der Waals surface area contributed by atoms with Crippen LogP contribution < -0.4 is 15.0 Å². The van der Waals surface area contributed by atoms with E-state index in [4.69, 9.17) is 14.6 Å². The van der Waals surface area contributed by atoms with E-state index in [1.165, 1.54) is 6.07 Å². The summed E-state index contributed by atoms with van der Waals surface area (Å²) in [4.78, 5) is 11.5. The molecule has 0 unspecified atom stereocenters. The van der Waals surface area contributed by atoms with Crippen molar-refractivity contribution in [2.45, 2.75) is 13.2 Å². The van der Waals surface area contributed by atoms with Crippen LogP contribution in [0.1, 0.15) is 5.56 Å². The van der Waals surface area contributed by atoms with Crippen LogP contribution in [0.2, 0.25) is 0 Å². The Bertz CT molecular complexity index is 621. The second-order valence-electron chi connectivity index (χ2n) is 4.22. The Labute approximate surface area is 117 Å². The lowest BCUT2D eigenvalue weighted by Crippen LogP contribution is -2.21. The fourth-order valence-electron chi connectivity index (χ4n) is 1.83. The van der Waals surface area contributed by atoms with E-state index < -0.39 is 0 Å². The Morgan fingerprint density at radius 2 is 2.05 bits per heavy atom. The Morgan fingerprint density at radius 1 is 1.20 bits per heavy atom. The van der Waals surface area contributed by atoms with Gasteiger partial charge in [0, 0.05) is 12.3 Å². The van der Waals surface area contributed by atoms with Crippen molar-refractivity contribution in [1.82, 2.24) is 4.57 Å². The van der Waals surface area contributed by atoms with Gasteiger partial charge in [-0.3, -0.25) is 4.79 Å². The summed E-state index contributed by atoms with van der Waals surface area (Å²) < 4.78 is 12.4. The molecule has 2 rings (SSSR count). The lowest BCUT2D eigenvalue weighted by molar-refractivity contribution is 0.271. The van der Waals surface area contributed by atoms with E-state index in [0.29, 0.717) is 24.7 Å². The molecule has 0 saturated carbocycles. The molecule has 1 aromatic heterocycles. The third-order valence-electron chi connectivity index (χ3n) is 2.90. The summed E-state index contributed by atoms with van der Waals surface area (Å²) in [7, 11) is 1.55. The van der Waals surface area contributed by atoms with Crippen LogP contribution in [-0.4, -0.2) is 23.4 Å². The molecule has 0 atom stereocenters. The van der Waals surface area contributed by atoms with E-state index in [2.05, 4.69) is 0 Å². The van der Waals surface area contributed by atoms with Crippen molar-refractivity contribution in [2.75, 3.05) is 13.7 Å². The Hall–Kier alpha value is -2.27. The SMILES string of the molecule is COc1cc(CO)ccc1OCCn1ccccc1=O. The molecule has 5 heteroatoms. The average Bonchev–Trinajstić information content (AvgIpc) is 2.49. The molecule has 0 aliphatic rings. The number of hydrogen-bond acceptors (Lipinski definition) is 4. The highest BCUT2D eigenvalue weighted by atomic mass is 16.5. The molecule has 5 nitrogen and oxygen atoms in total. The standard InChI is InChI=1S/C15H17NO4/c1-19-14-10-12(11-17)5-6-13(14)20-9-8-16-7-3-2-4-15(16)18/h2-7,10,17H,8-9,11H2,1H3. The van der Waals surface area contributed by atoms with Crippen molar-refractivity contribution in [3.05, 3.63) is 58.5 Å². The first kappa shape index (κ1) is 14.1. The quantitative estimate of drug-likeness (QED) is 0.866. The Morgan fingerprint density at radius 3 is 2.75 bits per heavy atom. The third-order valence-corrected chi connectivity index (χ3v) is 2.90. The predicted octanol–water partition coefficient (Wildman–Crippen LogP) is 1.43. The van der Waals surface area contributed by atoms with Crippen molar-refractivity contribution in [3.63, 3.8) is 0 Å². The van der Waals surface area contributed by atoms with E-state index in [0.717, 1.165) is 5.56 Å². The molecule has 106 valence electrons. The molecule has 1 heterocycles. The number of methoxy groups -OCH3 is 1. The van der Waals surface area contributed by atoms with Crippen molar-refractivity contribution in [2.24, 2.45) is 0 Å². The molecule has 0 bridgehead atoms. The monoisotopic (exact) mass is 275 g/mol. The normalized spacial score (nSPS) is 10.3. The fraction of sp³-hybridized carbons (Fsp3) is 0.267. The van der Waals surface area contributed by atoms with Crippen LogP contribution in [0.25, 0.3) is 0 Å². The maximum absolute atomic E-state index is 11.5. The average molecular weight is 275 g/mol. The van der Waals surface area contributed by atoms with Crippen LogP contribution in [0.15, 0.2) is 47.4 Å². The second-order valence-corrected chi connectivity index (χ2v) is 4.22. The highest BCUT2D eigenvalue weighted by molar-refractivity contribution is 5.42. The van der Waals surface area contributed by atoms with Crippen molar-refractivity contribution >= 4 is 0 Å². The molecular formula is C15H17NO4. The van der Waals surface area contributed by atoms with Crippen LogP contribution in [-0.2, 0) is 13.2 Å². The lowest BCUT2D eigenvalue weighted by Gasteiger charge is -2.12. The number of ether oxygens (including phenoxy) is 2. The van der Waals surface area contributed by atoms with Gasteiger partial charge in [-0.15, -0.1) is 0 Å². The van der Waals surface area contributed by atoms with Gasteiger partial charge in [0.2, 0.25) is 0 Å². The zero-order chi connectivity index (χ0) is 14.4. The van der Waals surface area contributed by atoms with Gasteiger partial charge in [-0.25, -0.2) is 0 Å². The molecule has 0 spiro atoms.